The second kappa shape index (κ2) is 8.91. The van der Waals surface area contributed by atoms with Crippen LogP contribution in [0.15, 0.2) is 0 Å². The summed E-state index contributed by atoms with van der Waals surface area (Å²) in [6.45, 7) is 11.2. The highest BCUT2D eigenvalue weighted by atomic mass is 16.5. The standard InChI is InChI=1S/C14H28N2O3/c1-7-8-15(10-14(18)19-6)9-13(17)16(11(2)3)12(4)5/h11-12H,7-10H2,1-6H3. The highest BCUT2D eigenvalue weighted by Crippen LogP contribution is 2.07. The number of amides is 1. The van der Waals surface area contributed by atoms with Crippen molar-refractivity contribution in [3.05, 3.63) is 0 Å². The second-order valence-electron chi connectivity index (χ2n) is 5.28. The Morgan fingerprint density at radius 1 is 1.05 bits per heavy atom. The molecule has 0 fully saturated rings. The lowest BCUT2D eigenvalue weighted by Crippen LogP contribution is -2.48. The van der Waals surface area contributed by atoms with Crippen molar-refractivity contribution in [2.75, 3.05) is 26.7 Å². The van der Waals surface area contributed by atoms with Gasteiger partial charge in [0.1, 0.15) is 0 Å². The zero-order valence-corrected chi connectivity index (χ0v) is 13.1. The first-order chi connectivity index (χ1) is 8.83. The first-order valence-corrected chi connectivity index (χ1v) is 6.93. The quantitative estimate of drug-likeness (QED) is 0.629. The summed E-state index contributed by atoms with van der Waals surface area (Å²) in [4.78, 5) is 27.3. The lowest BCUT2D eigenvalue weighted by atomic mass is 10.2. The molecule has 0 rings (SSSR count). The van der Waals surface area contributed by atoms with Crippen LogP contribution in [-0.4, -0.2) is 60.5 Å². The van der Waals surface area contributed by atoms with Crippen LogP contribution in [0.1, 0.15) is 41.0 Å². The Morgan fingerprint density at radius 2 is 1.58 bits per heavy atom. The van der Waals surface area contributed by atoms with E-state index in [1.54, 1.807) is 0 Å². The van der Waals surface area contributed by atoms with Gasteiger partial charge in [0.15, 0.2) is 0 Å². The molecule has 112 valence electrons. The van der Waals surface area contributed by atoms with Gasteiger partial charge in [0.05, 0.1) is 20.2 Å². The van der Waals surface area contributed by atoms with Crippen molar-refractivity contribution in [1.82, 2.24) is 9.80 Å². The van der Waals surface area contributed by atoms with Crippen molar-refractivity contribution in [1.29, 1.82) is 0 Å². The fraction of sp³-hybridized carbons (Fsp3) is 0.857. The smallest absolute Gasteiger partial charge is 0.319 e. The van der Waals surface area contributed by atoms with Crippen LogP contribution < -0.4 is 0 Å². The zero-order chi connectivity index (χ0) is 15.0. The molecule has 0 atom stereocenters. The van der Waals surface area contributed by atoms with Crippen LogP contribution in [0.3, 0.4) is 0 Å². The van der Waals surface area contributed by atoms with Crippen LogP contribution in [0.2, 0.25) is 0 Å². The van der Waals surface area contributed by atoms with Gasteiger partial charge in [-0.25, -0.2) is 0 Å². The van der Waals surface area contributed by atoms with Crippen molar-refractivity contribution >= 4 is 11.9 Å². The first-order valence-electron chi connectivity index (χ1n) is 6.93. The maximum atomic E-state index is 12.3. The van der Waals surface area contributed by atoms with Crippen LogP contribution in [0.25, 0.3) is 0 Å². The molecule has 5 nitrogen and oxygen atoms in total. The molecule has 0 aliphatic heterocycles. The zero-order valence-electron chi connectivity index (χ0n) is 13.1. The van der Waals surface area contributed by atoms with Crippen LogP contribution in [-0.2, 0) is 14.3 Å². The molecule has 0 aliphatic rings. The third-order valence-electron chi connectivity index (χ3n) is 2.88. The molecule has 1 amide bonds. The Balaban J connectivity index is 4.64. The third-order valence-corrected chi connectivity index (χ3v) is 2.88. The van der Waals surface area contributed by atoms with Crippen LogP contribution in [0.5, 0.6) is 0 Å². The normalized spacial score (nSPS) is 11.2. The van der Waals surface area contributed by atoms with Crippen molar-refractivity contribution in [3.8, 4) is 0 Å². The van der Waals surface area contributed by atoms with Crippen LogP contribution in [0.4, 0.5) is 0 Å². The van der Waals surface area contributed by atoms with Gasteiger partial charge in [-0.05, 0) is 40.7 Å². The fourth-order valence-electron chi connectivity index (χ4n) is 2.22. The van der Waals surface area contributed by atoms with E-state index >= 15 is 0 Å². The number of esters is 1. The molecular weight excluding hydrogens is 244 g/mol. The number of methoxy groups -OCH3 is 1. The Hall–Kier alpha value is -1.10. The minimum absolute atomic E-state index is 0.0577. The van der Waals surface area contributed by atoms with Gasteiger partial charge >= 0.3 is 5.97 Å². The van der Waals surface area contributed by atoms with E-state index in [1.165, 1.54) is 7.11 Å². The van der Waals surface area contributed by atoms with E-state index in [1.807, 2.05) is 44.4 Å². The summed E-state index contributed by atoms with van der Waals surface area (Å²) in [6, 6.07) is 0.322. The molecule has 5 heteroatoms. The molecule has 0 unspecified atom stereocenters. The molecule has 0 spiro atoms. The summed E-state index contributed by atoms with van der Waals surface area (Å²) in [7, 11) is 1.36. The maximum Gasteiger partial charge on any atom is 0.319 e. The summed E-state index contributed by atoms with van der Waals surface area (Å²) in [5.74, 6) is -0.246. The van der Waals surface area contributed by atoms with E-state index in [9.17, 15) is 9.59 Å². The third kappa shape index (κ3) is 6.57. The Labute approximate surface area is 116 Å². The molecular formula is C14H28N2O3. The van der Waals surface area contributed by atoms with Crippen LogP contribution >= 0.6 is 0 Å². The Morgan fingerprint density at radius 3 is 1.95 bits per heavy atom. The molecule has 0 saturated heterocycles. The van der Waals surface area contributed by atoms with Gasteiger partial charge in [0, 0.05) is 12.1 Å². The van der Waals surface area contributed by atoms with E-state index < -0.39 is 0 Å². The minimum atomic E-state index is -0.304. The van der Waals surface area contributed by atoms with Crippen molar-refractivity contribution in [2.24, 2.45) is 0 Å². The molecule has 0 N–H and O–H groups in total. The maximum absolute atomic E-state index is 12.3. The lowest BCUT2D eigenvalue weighted by Gasteiger charge is -2.33. The number of rotatable bonds is 8. The number of ether oxygens (including phenoxy) is 1. The van der Waals surface area contributed by atoms with Gasteiger partial charge in [-0.2, -0.15) is 0 Å². The van der Waals surface area contributed by atoms with Crippen molar-refractivity contribution in [2.45, 2.75) is 53.1 Å². The summed E-state index contributed by atoms with van der Waals surface area (Å²) >= 11 is 0. The molecule has 19 heavy (non-hydrogen) atoms. The summed E-state index contributed by atoms with van der Waals surface area (Å²) in [5, 5.41) is 0. The first kappa shape index (κ1) is 17.9. The predicted molar refractivity (Wildman–Crippen MR) is 75.9 cm³/mol. The summed E-state index contributed by atoms with van der Waals surface area (Å²) in [5.41, 5.74) is 0. The van der Waals surface area contributed by atoms with E-state index in [0.29, 0.717) is 6.54 Å². The van der Waals surface area contributed by atoms with E-state index in [4.69, 9.17) is 0 Å². The molecule has 0 saturated carbocycles. The molecule has 0 radical (unpaired) electrons. The minimum Gasteiger partial charge on any atom is -0.468 e. The van der Waals surface area contributed by atoms with Gasteiger partial charge in [0.25, 0.3) is 0 Å². The van der Waals surface area contributed by atoms with Crippen molar-refractivity contribution in [3.63, 3.8) is 0 Å². The van der Waals surface area contributed by atoms with E-state index in [2.05, 4.69) is 4.74 Å². The largest absolute Gasteiger partial charge is 0.468 e. The van der Waals surface area contributed by atoms with Gasteiger partial charge < -0.3 is 9.64 Å². The molecule has 0 aliphatic carbocycles. The lowest BCUT2D eigenvalue weighted by molar-refractivity contribution is -0.143. The van der Waals surface area contributed by atoms with Crippen LogP contribution in [0, 0.1) is 0 Å². The highest BCUT2D eigenvalue weighted by molar-refractivity contribution is 5.80. The molecule has 0 bridgehead atoms. The molecule has 0 aromatic carbocycles. The topological polar surface area (TPSA) is 49.9 Å². The second-order valence-corrected chi connectivity index (χ2v) is 5.28. The number of carbonyl (C=O) groups is 2. The Bertz CT molecular complexity index is 282. The van der Waals surface area contributed by atoms with Gasteiger partial charge in [-0.1, -0.05) is 6.92 Å². The average molecular weight is 272 g/mol. The number of hydrogen-bond acceptors (Lipinski definition) is 4. The summed E-state index contributed by atoms with van der Waals surface area (Å²) < 4.78 is 4.66. The van der Waals surface area contributed by atoms with Gasteiger partial charge in [0.2, 0.25) is 5.91 Å². The van der Waals surface area contributed by atoms with E-state index in [-0.39, 0.29) is 37.0 Å². The average Bonchev–Trinajstić information content (AvgIpc) is 2.27. The monoisotopic (exact) mass is 272 g/mol. The number of carbonyl (C=O) groups excluding carboxylic acids is 2. The van der Waals surface area contributed by atoms with Crippen molar-refractivity contribution < 1.29 is 14.3 Å². The number of nitrogens with zero attached hydrogens (tertiary/aromatic N) is 2. The number of hydrogen-bond donors (Lipinski definition) is 0. The van der Waals surface area contributed by atoms with Gasteiger partial charge in [-0.3, -0.25) is 14.5 Å². The van der Waals surface area contributed by atoms with Gasteiger partial charge in [-0.15, -0.1) is 0 Å². The molecule has 0 aromatic heterocycles. The van der Waals surface area contributed by atoms with E-state index in [0.717, 1.165) is 6.42 Å². The fourth-order valence-corrected chi connectivity index (χ4v) is 2.22. The molecule has 0 aromatic rings. The highest BCUT2D eigenvalue weighted by Gasteiger charge is 2.23. The predicted octanol–water partition coefficient (Wildman–Crippen LogP) is 1.52. The molecule has 0 heterocycles. The SMILES string of the molecule is CCCN(CC(=O)OC)CC(=O)N(C(C)C)C(C)C. The Kier molecular flexibility index (Phi) is 8.39. The summed E-state index contributed by atoms with van der Waals surface area (Å²) in [6.07, 6.45) is 0.896.